The molecule has 1 aromatic rings. The molecule has 0 bridgehead atoms. The SMILES string of the molecule is C=C/C(=C\C(=C)/C(=C\C)C(=C)C)c1cc(C)c(CCC)cc1CC(C)/C(C)=C/C=C\C. The molecule has 0 saturated carbocycles. The van der Waals surface area contributed by atoms with Gasteiger partial charge in [0.05, 0.1) is 0 Å². The maximum atomic E-state index is 4.31. The van der Waals surface area contributed by atoms with Crippen LogP contribution in [0.2, 0.25) is 0 Å². The number of benzene rings is 1. The van der Waals surface area contributed by atoms with Crippen molar-refractivity contribution in [2.24, 2.45) is 5.92 Å². The monoisotopic (exact) mass is 414 g/mol. The number of hydrogen-bond acceptors (Lipinski definition) is 0. The van der Waals surface area contributed by atoms with Crippen LogP contribution in [0.4, 0.5) is 0 Å². The standard InChI is InChI=1S/C31H42/c1-11-15-17-23(7)24(8)18-29-21-28(16-12-2)25(9)20-31(29)27(13-3)19-26(10)30(14-4)22(5)6/h11,13-15,17,19-21,24H,3,5,10,12,16,18H2,1-2,4,6-9H3/b15-11-,23-17+,27-19+,30-14-. The first kappa shape index (κ1) is 26.4. The molecule has 1 aromatic carbocycles. The van der Waals surface area contributed by atoms with Gasteiger partial charge < -0.3 is 0 Å². The third kappa shape index (κ3) is 7.55. The number of aryl methyl sites for hydroxylation is 2. The summed E-state index contributed by atoms with van der Waals surface area (Å²) in [5, 5.41) is 0. The molecule has 1 atom stereocenters. The molecule has 0 N–H and O–H groups in total. The predicted molar refractivity (Wildman–Crippen MR) is 142 cm³/mol. The Hall–Kier alpha value is -2.60. The van der Waals surface area contributed by atoms with E-state index in [0.717, 1.165) is 41.6 Å². The molecule has 0 radical (unpaired) electrons. The lowest BCUT2D eigenvalue weighted by Crippen LogP contribution is -2.06. The van der Waals surface area contributed by atoms with Crippen molar-refractivity contribution in [3.8, 4) is 0 Å². The average Bonchev–Trinajstić information content (AvgIpc) is 2.72. The Morgan fingerprint density at radius 2 is 1.77 bits per heavy atom. The summed E-state index contributed by atoms with van der Waals surface area (Å²) < 4.78 is 0. The first-order chi connectivity index (χ1) is 14.7. The van der Waals surface area contributed by atoms with Crippen LogP contribution in [0.5, 0.6) is 0 Å². The van der Waals surface area contributed by atoms with Crippen molar-refractivity contribution in [3.63, 3.8) is 0 Å². The van der Waals surface area contributed by atoms with Gasteiger partial charge in [-0.2, -0.15) is 0 Å². The van der Waals surface area contributed by atoms with Gasteiger partial charge in [-0.1, -0.05) is 93.7 Å². The van der Waals surface area contributed by atoms with Crippen LogP contribution in [-0.2, 0) is 12.8 Å². The largest absolute Gasteiger partial charge is 0.0984 e. The van der Waals surface area contributed by atoms with Gasteiger partial charge in [-0.3, -0.25) is 0 Å². The Balaban J connectivity index is 3.57. The second-order valence-electron chi connectivity index (χ2n) is 8.54. The fourth-order valence-corrected chi connectivity index (χ4v) is 3.90. The van der Waals surface area contributed by atoms with E-state index < -0.39 is 0 Å². The molecule has 0 heterocycles. The molecule has 0 amide bonds. The zero-order chi connectivity index (χ0) is 23.6. The summed E-state index contributed by atoms with van der Waals surface area (Å²) in [6, 6.07) is 4.76. The molecule has 0 aliphatic carbocycles. The van der Waals surface area contributed by atoms with Gasteiger partial charge >= 0.3 is 0 Å². The highest BCUT2D eigenvalue weighted by Gasteiger charge is 2.14. The molecule has 0 heteroatoms. The third-order valence-electron chi connectivity index (χ3n) is 5.89. The smallest absolute Gasteiger partial charge is 0.0149 e. The summed E-state index contributed by atoms with van der Waals surface area (Å²) in [5.41, 5.74) is 11.0. The van der Waals surface area contributed by atoms with E-state index >= 15 is 0 Å². The molecule has 0 fully saturated rings. The van der Waals surface area contributed by atoms with Gasteiger partial charge in [0.15, 0.2) is 0 Å². The minimum atomic E-state index is 0.461. The topological polar surface area (TPSA) is 0 Å². The van der Waals surface area contributed by atoms with Crippen LogP contribution in [0.15, 0.2) is 90.6 Å². The van der Waals surface area contributed by atoms with Crippen molar-refractivity contribution in [2.75, 3.05) is 0 Å². The summed E-state index contributed by atoms with van der Waals surface area (Å²) in [5.74, 6) is 0.461. The maximum absolute atomic E-state index is 4.31. The fraction of sp³-hybridized carbons (Fsp3) is 0.355. The van der Waals surface area contributed by atoms with Crippen LogP contribution in [0.25, 0.3) is 5.57 Å². The lowest BCUT2D eigenvalue weighted by molar-refractivity contribution is 0.675. The molecule has 0 aromatic heterocycles. The maximum Gasteiger partial charge on any atom is -0.0149 e. The zero-order valence-electron chi connectivity index (χ0n) is 20.9. The molecular formula is C31H42. The normalized spacial score (nSPS) is 14.1. The van der Waals surface area contributed by atoms with E-state index in [-0.39, 0.29) is 0 Å². The highest BCUT2D eigenvalue weighted by Crippen LogP contribution is 2.31. The second kappa shape index (κ2) is 13.0. The van der Waals surface area contributed by atoms with Gasteiger partial charge in [-0.15, -0.1) is 0 Å². The van der Waals surface area contributed by atoms with Gasteiger partial charge in [-0.25, -0.2) is 0 Å². The molecule has 166 valence electrons. The van der Waals surface area contributed by atoms with Gasteiger partial charge in [0.2, 0.25) is 0 Å². The first-order valence-corrected chi connectivity index (χ1v) is 11.5. The Morgan fingerprint density at radius 3 is 2.29 bits per heavy atom. The molecule has 0 spiro atoms. The number of rotatable bonds is 11. The molecule has 1 rings (SSSR count). The second-order valence-corrected chi connectivity index (χ2v) is 8.54. The minimum Gasteiger partial charge on any atom is -0.0984 e. The summed E-state index contributed by atoms with van der Waals surface area (Å²) in [6.45, 7) is 27.7. The summed E-state index contributed by atoms with van der Waals surface area (Å²) in [7, 11) is 0. The Labute approximate surface area is 192 Å². The molecule has 0 aliphatic heterocycles. The van der Waals surface area contributed by atoms with Gasteiger partial charge in [0, 0.05) is 0 Å². The third-order valence-corrected chi connectivity index (χ3v) is 5.89. The van der Waals surface area contributed by atoms with Crippen molar-refractivity contribution in [1.82, 2.24) is 0 Å². The molecule has 0 aliphatic rings. The summed E-state index contributed by atoms with van der Waals surface area (Å²) in [6.07, 6.45) is 15.9. The number of hydrogen-bond donors (Lipinski definition) is 0. The van der Waals surface area contributed by atoms with E-state index in [0.29, 0.717) is 5.92 Å². The van der Waals surface area contributed by atoms with Crippen molar-refractivity contribution in [3.05, 3.63) is 113 Å². The molecule has 31 heavy (non-hydrogen) atoms. The molecule has 0 saturated heterocycles. The van der Waals surface area contributed by atoms with Crippen LogP contribution in [0.1, 0.15) is 70.2 Å². The van der Waals surface area contributed by atoms with E-state index in [9.17, 15) is 0 Å². The lowest BCUT2D eigenvalue weighted by Gasteiger charge is -2.20. The zero-order valence-corrected chi connectivity index (χ0v) is 20.9. The van der Waals surface area contributed by atoms with Crippen molar-refractivity contribution in [1.29, 1.82) is 0 Å². The van der Waals surface area contributed by atoms with Crippen LogP contribution >= 0.6 is 0 Å². The highest BCUT2D eigenvalue weighted by atomic mass is 14.2. The van der Waals surface area contributed by atoms with Crippen molar-refractivity contribution >= 4 is 5.57 Å². The average molecular weight is 415 g/mol. The lowest BCUT2D eigenvalue weighted by atomic mass is 9.85. The Morgan fingerprint density at radius 1 is 1.10 bits per heavy atom. The first-order valence-electron chi connectivity index (χ1n) is 11.5. The fourth-order valence-electron chi connectivity index (χ4n) is 3.90. The van der Waals surface area contributed by atoms with Crippen LogP contribution in [-0.4, -0.2) is 0 Å². The summed E-state index contributed by atoms with van der Waals surface area (Å²) in [4.78, 5) is 0. The van der Waals surface area contributed by atoms with Gasteiger partial charge in [0.25, 0.3) is 0 Å². The predicted octanol–water partition coefficient (Wildman–Crippen LogP) is 9.30. The van der Waals surface area contributed by atoms with Crippen molar-refractivity contribution in [2.45, 2.75) is 67.7 Å². The Bertz CT molecular complexity index is 925. The molecular weight excluding hydrogens is 372 g/mol. The minimum absolute atomic E-state index is 0.461. The van der Waals surface area contributed by atoms with Crippen LogP contribution in [0, 0.1) is 12.8 Å². The molecule has 0 nitrogen and oxygen atoms in total. The van der Waals surface area contributed by atoms with E-state index in [2.05, 4.69) is 96.9 Å². The van der Waals surface area contributed by atoms with E-state index in [1.165, 1.54) is 27.8 Å². The number of allylic oxidation sites excluding steroid dienone is 11. The quantitative estimate of drug-likeness (QED) is 0.316. The van der Waals surface area contributed by atoms with E-state index in [1.807, 2.05) is 19.9 Å². The Kier molecular flexibility index (Phi) is 11.0. The van der Waals surface area contributed by atoms with Crippen LogP contribution < -0.4 is 0 Å². The van der Waals surface area contributed by atoms with E-state index in [4.69, 9.17) is 0 Å². The van der Waals surface area contributed by atoms with Gasteiger partial charge in [0.1, 0.15) is 0 Å². The highest BCUT2D eigenvalue weighted by molar-refractivity contribution is 5.79. The van der Waals surface area contributed by atoms with E-state index in [1.54, 1.807) is 0 Å². The summed E-state index contributed by atoms with van der Waals surface area (Å²) >= 11 is 0. The van der Waals surface area contributed by atoms with Gasteiger partial charge in [-0.05, 0) is 98.4 Å². The van der Waals surface area contributed by atoms with Crippen molar-refractivity contribution < 1.29 is 0 Å². The molecule has 1 unspecified atom stereocenters. The van der Waals surface area contributed by atoms with Crippen LogP contribution in [0.3, 0.4) is 0 Å².